The van der Waals surface area contributed by atoms with Crippen molar-refractivity contribution in [3.05, 3.63) is 59.7 Å². The molecule has 4 nitrogen and oxygen atoms in total. The van der Waals surface area contributed by atoms with Crippen LogP contribution in [0.5, 0.6) is 5.75 Å². The maximum Gasteiger partial charge on any atom is 0.314 e. The molecule has 0 aliphatic heterocycles. The Balaban J connectivity index is 2.06. The second kappa shape index (κ2) is 8.70. The number of nitrogens with one attached hydrogen (secondary N) is 1. The minimum atomic E-state index is -0.226. The average molecular weight is 335 g/mol. The van der Waals surface area contributed by atoms with Crippen molar-refractivity contribution in [1.29, 1.82) is 0 Å². The third-order valence-corrected chi connectivity index (χ3v) is 3.62. The number of ether oxygens (including phenoxy) is 1. The largest absolute Gasteiger partial charge is 0.426 e. The Morgan fingerprint density at radius 3 is 2.40 bits per heavy atom. The predicted molar refractivity (Wildman–Crippen MR) is 98.3 cm³/mol. The summed E-state index contributed by atoms with van der Waals surface area (Å²) in [7, 11) is 0. The summed E-state index contributed by atoms with van der Waals surface area (Å²) in [5.41, 5.74) is 2.33. The molecule has 0 spiro atoms. The summed E-state index contributed by atoms with van der Waals surface area (Å²) in [4.78, 5) is 22.9. The summed E-state index contributed by atoms with van der Waals surface area (Å²) in [5.74, 6) is 6.16. The number of anilines is 1. The molecule has 25 heavy (non-hydrogen) atoms. The number of amides is 1. The fraction of sp³-hybridized carbons (Fsp3) is 0.238. The van der Waals surface area contributed by atoms with Crippen molar-refractivity contribution < 1.29 is 14.3 Å². The smallest absolute Gasteiger partial charge is 0.314 e. The zero-order valence-electron chi connectivity index (χ0n) is 14.6. The Labute approximate surface area is 148 Å². The van der Waals surface area contributed by atoms with Crippen LogP contribution in [0.25, 0.3) is 0 Å². The van der Waals surface area contributed by atoms with Crippen LogP contribution in [0.4, 0.5) is 5.69 Å². The van der Waals surface area contributed by atoms with Gasteiger partial charge in [-0.2, -0.15) is 0 Å². The zero-order chi connectivity index (χ0) is 18.2. The molecule has 1 amide bonds. The van der Waals surface area contributed by atoms with Gasteiger partial charge >= 0.3 is 5.97 Å². The van der Waals surface area contributed by atoms with Crippen molar-refractivity contribution in [3.8, 4) is 17.6 Å². The van der Waals surface area contributed by atoms with Gasteiger partial charge in [-0.15, -0.1) is 0 Å². The Morgan fingerprint density at radius 2 is 1.76 bits per heavy atom. The number of hydrogen-bond acceptors (Lipinski definition) is 3. The van der Waals surface area contributed by atoms with E-state index in [1.807, 2.05) is 50.2 Å². The van der Waals surface area contributed by atoms with Crippen molar-refractivity contribution in [2.75, 3.05) is 5.32 Å². The highest BCUT2D eigenvalue weighted by Gasteiger charge is 2.12. The van der Waals surface area contributed by atoms with Crippen molar-refractivity contribution in [2.45, 2.75) is 27.2 Å². The van der Waals surface area contributed by atoms with Crippen LogP contribution >= 0.6 is 0 Å². The molecular formula is C21H21NO3. The minimum absolute atomic E-state index is 0.115. The number of carbonyl (C=O) groups is 2. The van der Waals surface area contributed by atoms with Crippen LogP contribution in [-0.2, 0) is 9.59 Å². The highest BCUT2D eigenvalue weighted by atomic mass is 16.5. The normalized spacial score (nSPS) is 11.0. The maximum atomic E-state index is 11.8. The monoisotopic (exact) mass is 335 g/mol. The van der Waals surface area contributed by atoms with Crippen LogP contribution in [0.2, 0.25) is 0 Å². The standard InChI is InChI=1S/C21H21NO3/c1-4-15(2)21(24)25-20-12-10-17(11-13-20)8-9-18-6-5-7-19(14-18)22-16(3)23/h5-7,10-15H,4H2,1-3H3,(H,22,23). The molecule has 0 radical (unpaired) electrons. The first-order valence-electron chi connectivity index (χ1n) is 8.19. The first kappa shape index (κ1) is 18.3. The Bertz CT molecular complexity index is 813. The summed E-state index contributed by atoms with van der Waals surface area (Å²) in [5, 5.41) is 2.73. The number of hydrogen-bond donors (Lipinski definition) is 1. The van der Waals surface area contributed by atoms with Crippen molar-refractivity contribution in [1.82, 2.24) is 0 Å². The van der Waals surface area contributed by atoms with E-state index >= 15 is 0 Å². The minimum Gasteiger partial charge on any atom is -0.426 e. The second-order valence-electron chi connectivity index (χ2n) is 5.77. The van der Waals surface area contributed by atoms with Crippen LogP contribution in [-0.4, -0.2) is 11.9 Å². The molecule has 0 saturated heterocycles. The lowest BCUT2D eigenvalue weighted by Gasteiger charge is -2.08. The van der Waals surface area contributed by atoms with Gasteiger partial charge in [-0.05, 0) is 48.9 Å². The quantitative estimate of drug-likeness (QED) is 0.522. The van der Waals surface area contributed by atoms with Crippen molar-refractivity contribution in [3.63, 3.8) is 0 Å². The molecule has 1 unspecified atom stereocenters. The summed E-state index contributed by atoms with van der Waals surface area (Å²) in [6, 6.07) is 14.4. The van der Waals surface area contributed by atoms with Crippen LogP contribution in [0.15, 0.2) is 48.5 Å². The third kappa shape index (κ3) is 5.82. The lowest BCUT2D eigenvalue weighted by Crippen LogP contribution is -2.16. The Kier molecular flexibility index (Phi) is 6.36. The van der Waals surface area contributed by atoms with Gasteiger partial charge in [0.15, 0.2) is 0 Å². The van der Waals surface area contributed by atoms with E-state index in [1.54, 1.807) is 12.1 Å². The van der Waals surface area contributed by atoms with E-state index in [0.29, 0.717) is 11.4 Å². The number of carbonyl (C=O) groups excluding carboxylic acids is 2. The molecule has 2 rings (SSSR count). The molecule has 2 aromatic carbocycles. The van der Waals surface area contributed by atoms with Gasteiger partial charge in [0, 0.05) is 23.7 Å². The predicted octanol–water partition coefficient (Wildman–Crippen LogP) is 4.00. The van der Waals surface area contributed by atoms with E-state index in [1.165, 1.54) is 6.92 Å². The van der Waals surface area contributed by atoms with Crippen molar-refractivity contribution in [2.24, 2.45) is 5.92 Å². The van der Waals surface area contributed by atoms with Crippen LogP contribution in [0.3, 0.4) is 0 Å². The Morgan fingerprint density at radius 1 is 1.08 bits per heavy atom. The molecule has 0 fully saturated rings. The summed E-state index contributed by atoms with van der Waals surface area (Å²) in [6.45, 7) is 5.26. The highest BCUT2D eigenvalue weighted by Crippen LogP contribution is 2.15. The third-order valence-electron chi connectivity index (χ3n) is 3.62. The molecule has 2 aromatic rings. The number of esters is 1. The van der Waals surface area contributed by atoms with Gasteiger partial charge < -0.3 is 10.1 Å². The molecule has 0 saturated carbocycles. The van der Waals surface area contributed by atoms with E-state index in [-0.39, 0.29) is 17.8 Å². The number of benzene rings is 2. The first-order chi connectivity index (χ1) is 12.0. The topological polar surface area (TPSA) is 55.4 Å². The van der Waals surface area contributed by atoms with Gasteiger partial charge in [-0.25, -0.2) is 0 Å². The first-order valence-corrected chi connectivity index (χ1v) is 8.19. The molecule has 128 valence electrons. The molecule has 1 N–H and O–H groups in total. The van der Waals surface area contributed by atoms with E-state index in [4.69, 9.17) is 4.74 Å². The second-order valence-corrected chi connectivity index (χ2v) is 5.77. The molecule has 0 bridgehead atoms. The summed E-state index contributed by atoms with van der Waals surface area (Å²) >= 11 is 0. The molecule has 0 aliphatic rings. The average Bonchev–Trinajstić information content (AvgIpc) is 2.60. The highest BCUT2D eigenvalue weighted by molar-refractivity contribution is 5.88. The molecule has 0 aromatic heterocycles. The van der Waals surface area contributed by atoms with Crippen molar-refractivity contribution >= 4 is 17.6 Å². The molecular weight excluding hydrogens is 314 g/mol. The molecule has 0 heterocycles. The SMILES string of the molecule is CCC(C)C(=O)Oc1ccc(C#Cc2cccc(NC(C)=O)c2)cc1. The van der Waals surface area contributed by atoms with Gasteiger partial charge in [-0.1, -0.05) is 31.8 Å². The maximum absolute atomic E-state index is 11.8. The molecule has 4 heteroatoms. The van der Waals surface area contributed by atoms with Crippen LogP contribution < -0.4 is 10.1 Å². The van der Waals surface area contributed by atoms with E-state index in [2.05, 4.69) is 17.2 Å². The lowest BCUT2D eigenvalue weighted by atomic mass is 10.1. The van der Waals surface area contributed by atoms with Gasteiger partial charge in [0.05, 0.1) is 5.92 Å². The lowest BCUT2D eigenvalue weighted by molar-refractivity contribution is -0.138. The summed E-state index contributed by atoms with van der Waals surface area (Å²) in [6.07, 6.45) is 0.750. The van der Waals surface area contributed by atoms with E-state index in [0.717, 1.165) is 17.5 Å². The van der Waals surface area contributed by atoms with Gasteiger partial charge in [0.1, 0.15) is 5.75 Å². The summed E-state index contributed by atoms with van der Waals surface area (Å²) < 4.78 is 5.31. The fourth-order valence-electron chi connectivity index (χ4n) is 2.01. The van der Waals surface area contributed by atoms with Crippen LogP contribution in [0.1, 0.15) is 38.3 Å². The number of rotatable bonds is 4. The molecule has 0 aliphatic carbocycles. The molecule has 1 atom stereocenters. The zero-order valence-corrected chi connectivity index (χ0v) is 14.6. The van der Waals surface area contributed by atoms with Gasteiger partial charge in [0.25, 0.3) is 0 Å². The fourth-order valence-corrected chi connectivity index (χ4v) is 2.01. The van der Waals surface area contributed by atoms with E-state index in [9.17, 15) is 9.59 Å². The van der Waals surface area contributed by atoms with E-state index < -0.39 is 0 Å². The van der Waals surface area contributed by atoms with Gasteiger partial charge in [-0.3, -0.25) is 9.59 Å². The van der Waals surface area contributed by atoms with Crippen LogP contribution in [0, 0.1) is 17.8 Å². The van der Waals surface area contributed by atoms with Gasteiger partial charge in [0.2, 0.25) is 5.91 Å². The Hall–Kier alpha value is -3.06.